The predicted molar refractivity (Wildman–Crippen MR) is 63.4 cm³/mol. The highest BCUT2D eigenvalue weighted by Gasteiger charge is 2.13. The van der Waals surface area contributed by atoms with Crippen LogP contribution < -0.4 is 5.73 Å². The van der Waals surface area contributed by atoms with Crippen LogP contribution in [-0.2, 0) is 7.05 Å². The number of nitrogen functional groups attached to an aromatic ring is 1. The molecule has 2 rings (SSSR count). The van der Waals surface area contributed by atoms with Gasteiger partial charge in [-0.3, -0.25) is 4.68 Å². The maximum atomic E-state index is 5.84. The Kier molecular flexibility index (Phi) is 2.36. The quantitative estimate of drug-likeness (QED) is 0.867. The zero-order valence-electron chi connectivity index (χ0n) is 7.91. The van der Waals surface area contributed by atoms with Crippen LogP contribution in [0.1, 0.15) is 5.69 Å². The molecule has 0 aliphatic heterocycles. The van der Waals surface area contributed by atoms with Crippen molar-refractivity contribution in [2.24, 2.45) is 7.05 Å². The standard InChI is InChI=1S/C9H10BrN3S/c1-5-8(9(11)12-13(5)2)7-3-6(10)4-14-7/h3-4H,1-2H3,(H2,11,12). The lowest BCUT2D eigenvalue weighted by molar-refractivity contribution is 0.744. The third-order valence-electron chi connectivity index (χ3n) is 2.17. The number of hydrogen-bond donors (Lipinski definition) is 1. The Morgan fingerprint density at radius 2 is 2.29 bits per heavy atom. The first-order valence-electron chi connectivity index (χ1n) is 4.13. The van der Waals surface area contributed by atoms with E-state index in [1.165, 1.54) is 0 Å². The molecule has 0 spiro atoms. The van der Waals surface area contributed by atoms with E-state index in [1.807, 2.05) is 19.4 Å². The molecule has 5 heteroatoms. The fraction of sp³-hybridized carbons (Fsp3) is 0.222. The van der Waals surface area contributed by atoms with Gasteiger partial charge >= 0.3 is 0 Å². The minimum absolute atomic E-state index is 0.597. The van der Waals surface area contributed by atoms with E-state index >= 15 is 0 Å². The maximum absolute atomic E-state index is 5.84. The number of anilines is 1. The molecule has 0 saturated carbocycles. The van der Waals surface area contributed by atoms with E-state index in [-0.39, 0.29) is 0 Å². The van der Waals surface area contributed by atoms with E-state index in [4.69, 9.17) is 5.73 Å². The SMILES string of the molecule is Cc1c(-c2cc(Br)cs2)c(N)nn1C. The van der Waals surface area contributed by atoms with Crippen molar-refractivity contribution in [1.29, 1.82) is 0 Å². The summed E-state index contributed by atoms with van der Waals surface area (Å²) in [6, 6.07) is 2.06. The van der Waals surface area contributed by atoms with Crippen LogP contribution in [0.4, 0.5) is 5.82 Å². The lowest BCUT2D eigenvalue weighted by Crippen LogP contribution is -1.93. The number of halogens is 1. The summed E-state index contributed by atoms with van der Waals surface area (Å²) in [6.07, 6.45) is 0. The van der Waals surface area contributed by atoms with Gasteiger partial charge in [-0.1, -0.05) is 0 Å². The Morgan fingerprint density at radius 3 is 2.71 bits per heavy atom. The molecule has 2 heterocycles. The molecule has 2 aromatic heterocycles. The lowest BCUT2D eigenvalue weighted by Gasteiger charge is -1.96. The van der Waals surface area contributed by atoms with E-state index in [0.29, 0.717) is 5.82 Å². The molecule has 0 aliphatic carbocycles. The average molecular weight is 272 g/mol. The third-order valence-corrected chi connectivity index (χ3v) is 3.88. The first-order chi connectivity index (χ1) is 6.59. The zero-order valence-corrected chi connectivity index (χ0v) is 10.3. The number of nitrogens with zero attached hydrogens (tertiary/aromatic N) is 2. The molecule has 3 nitrogen and oxygen atoms in total. The van der Waals surface area contributed by atoms with Crippen molar-refractivity contribution in [2.75, 3.05) is 5.73 Å². The fourth-order valence-corrected chi connectivity index (χ4v) is 2.92. The van der Waals surface area contributed by atoms with Crippen LogP contribution in [0, 0.1) is 6.92 Å². The van der Waals surface area contributed by atoms with E-state index in [0.717, 1.165) is 20.6 Å². The molecule has 74 valence electrons. The summed E-state index contributed by atoms with van der Waals surface area (Å²) in [6.45, 7) is 2.02. The Morgan fingerprint density at radius 1 is 1.57 bits per heavy atom. The Labute approximate surface area is 94.7 Å². The molecule has 0 unspecified atom stereocenters. The molecule has 0 fully saturated rings. The first-order valence-corrected chi connectivity index (χ1v) is 5.80. The molecule has 2 aromatic rings. The molecule has 0 aromatic carbocycles. The summed E-state index contributed by atoms with van der Waals surface area (Å²) in [7, 11) is 1.90. The van der Waals surface area contributed by atoms with Crippen LogP contribution in [0.25, 0.3) is 10.4 Å². The molecular weight excluding hydrogens is 262 g/mol. The van der Waals surface area contributed by atoms with Gasteiger partial charge in [0.2, 0.25) is 0 Å². The van der Waals surface area contributed by atoms with Gasteiger partial charge < -0.3 is 5.73 Å². The minimum atomic E-state index is 0.597. The summed E-state index contributed by atoms with van der Waals surface area (Å²) in [4.78, 5) is 1.15. The number of thiophene rings is 1. The van der Waals surface area contributed by atoms with Gasteiger partial charge in [0.05, 0.1) is 5.56 Å². The van der Waals surface area contributed by atoms with E-state index < -0.39 is 0 Å². The van der Waals surface area contributed by atoms with Crippen LogP contribution >= 0.6 is 27.3 Å². The molecule has 14 heavy (non-hydrogen) atoms. The number of nitrogens with two attached hydrogens (primary N) is 1. The maximum Gasteiger partial charge on any atom is 0.154 e. The minimum Gasteiger partial charge on any atom is -0.382 e. The van der Waals surface area contributed by atoms with Gasteiger partial charge in [-0.05, 0) is 28.9 Å². The van der Waals surface area contributed by atoms with Crippen LogP contribution in [0.5, 0.6) is 0 Å². The monoisotopic (exact) mass is 271 g/mol. The van der Waals surface area contributed by atoms with Gasteiger partial charge in [-0.15, -0.1) is 11.3 Å². The van der Waals surface area contributed by atoms with Gasteiger partial charge in [0.25, 0.3) is 0 Å². The summed E-state index contributed by atoms with van der Waals surface area (Å²) < 4.78 is 2.89. The van der Waals surface area contributed by atoms with Crippen molar-refractivity contribution >= 4 is 33.1 Å². The van der Waals surface area contributed by atoms with E-state index in [2.05, 4.69) is 27.1 Å². The molecule has 0 aliphatic rings. The smallest absolute Gasteiger partial charge is 0.154 e. The van der Waals surface area contributed by atoms with Crippen LogP contribution in [0.15, 0.2) is 15.9 Å². The van der Waals surface area contributed by atoms with Crippen molar-refractivity contribution in [3.63, 3.8) is 0 Å². The second-order valence-corrected chi connectivity index (χ2v) is 4.93. The fourth-order valence-electron chi connectivity index (χ4n) is 1.38. The van der Waals surface area contributed by atoms with Gasteiger partial charge in [-0.2, -0.15) is 5.10 Å². The average Bonchev–Trinajstić information content (AvgIpc) is 2.60. The van der Waals surface area contributed by atoms with Crippen molar-refractivity contribution in [3.8, 4) is 10.4 Å². The molecule has 0 saturated heterocycles. The normalized spacial score (nSPS) is 10.8. The molecule has 0 amide bonds. The highest BCUT2D eigenvalue weighted by Crippen LogP contribution is 2.35. The van der Waals surface area contributed by atoms with E-state index in [9.17, 15) is 0 Å². The van der Waals surface area contributed by atoms with Gasteiger partial charge in [0.1, 0.15) is 0 Å². The van der Waals surface area contributed by atoms with Crippen LogP contribution in [0.3, 0.4) is 0 Å². The topological polar surface area (TPSA) is 43.8 Å². The number of aryl methyl sites for hydroxylation is 1. The predicted octanol–water partition coefficient (Wildman–Crippen LogP) is 2.80. The molecule has 0 radical (unpaired) electrons. The molecular formula is C9H10BrN3S. The Hall–Kier alpha value is -0.810. The van der Waals surface area contributed by atoms with Crippen molar-refractivity contribution in [2.45, 2.75) is 6.92 Å². The summed E-state index contributed by atoms with van der Waals surface area (Å²) >= 11 is 5.09. The summed E-state index contributed by atoms with van der Waals surface area (Å²) in [5, 5.41) is 6.22. The summed E-state index contributed by atoms with van der Waals surface area (Å²) in [5.41, 5.74) is 7.98. The van der Waals surface area contributed by atoms with E-state index in [1.54, 1.807) is 16.0 Å². The second kappa shape index (κ2) is 3.40. The Balaban J connectivity index is 2.61. The molecule has 0 atom stereocenters. The Bertz CT molecular complexity index is 472. The van der Waals surface area contributed by atoms with Crippen molar-refractivity contribution in [1.82, 2.24) is 9.78 Å². The van der Waals surface area contributed by atoms with Crippen molar-refractivity contribution < 1.29 is 0 Å². The first kappa shape index (κ1) is 9.73. The molecule has 0 bridgehead atoms. The van der Waals surface area contributed by atoms with Gasteiger partial charge in [0, 0.05) is 27.5 Å². The number of aromatic nitrogens is 2. The lowest BCUT2D eigenvalue weighted by atomic mass is 10.2. The largest absolute Gasteiger partial charge is 0.382 e. The van der Waals surface area contributed by atoms with Crippen LogP contribution in [-0.4, -0.2) is 9.78 Å². The van der Waals surface area contributed by atoms with Crippen molar-refractivity contribution in [3.05, 3.63) is 21.6 Å². The zero-order chi connectivity index (χ0) is 10.3. The molecule has 2 N–H and O–H groups in total. The highest BCUT2D eigenvalue weighted by molar-refractivity contribution is 9.10. The highest BCUT2D eigenvalue weighted by atomic mass is 79.9. The summed E-state index contributed by atoms with van der Waals surface area (Å²) in [5.74, 6) is 0.597. The second-order valence-electron chi connectivity index (χ2n) is 3.10. The van der Waals surface area contributed by atoms with Gasteiger partial charge in [0.15, 0.2) is 5.82 Å². The number of hydrogen-bond acceptors (Lipinski definition) is 3. The van der Waals surface area contributed by atoms with Crippen LogP contribution in [0.2, 0.25) is 0 Å². The van der Waals surface area contributed by atoms with Gasteiger partial charge in [-0.25, -0.2) is 0 Å². The number of rotatable bonds is 1. The third kappa shape index (κ3) is 1.46.